The van der Waals surface area contributed by atoms with Gasteiger partial charge in [0.25, 0.3) is 0 Å². The summed E-state index contributed by atoms with van der Waals surface area (Å²) in [6, 6.07) is 0. The summed E-state index contributed by atoms with van der Waals surface area (Å²) in [5, 5.41) is 0. The Labute approximate surface area is 194 Å². The minimum atomic E-state index is -1.04. The SMILES string of the molecule is CC(CC(C)(C)OC(=O)C1=CC2C(=O)OC(=O)C2C=C1)OC(=O)C1=CC2C(=O)OC(=O)C2C=C1. The highest BCUT2D eigenvalue weighted by Crippen LogP contribution is 2.33. The first-order valence-electron chi connectivity index (χ1n) is 10.7. The largest absolute Gasteiger partial charge is 0.459 e. The molecule has 5 unspecified atom stereocenters. The summed E-state index contributed by atoms with van der Waals surface area (Å²) in [6.07, 6.45) is 7.90. The van der Waals surface area contributed by atoms with Crippen LogP contribution in [0.25, 0.3) is 0 Å². The fourth-order valence-corrected chi connectivity index (χ4v) is 4.32. The molecule has 2 aliphatic carbocycles. The lowest BCUT2D eigenvalue weighted by atomic mass is 9.87. The van der Waals surface area contributed by atoms with E-state index in [1.807, 2.05) is 0 Å². The zero-order chi connectivity index (χ0) is 24.8. The van der Waals surface area contributed by atoms with E-state index in [4.69, 9.17) is 9.47 Å². The summed E-state index contributed by atoms with van der Waals surface area (Å²) in [5.74, 6) is -7.29. The van der Waals surface area contributed by atoms with Gasteiger partial charge >= 0.3 is 35.8 Å². The van der Waals surface area contributed by atoms with E-state index in [9.17, 15) is 28.8 Å². The zero-order valence-corrected chi connectivity index (χ0v) is 18.6. The first-order valence-corrected chi connectivity index (χ1v) is 10.7. The summed E-state index contributed by atoms with van der Waals surface area (Å²) < 4.78 is 20.1. The molecule has 0 aromatic heterocycles. The van der Waals surface area contributed by atoms with Crippen LogP contribution in [0, 0.1) is 23.7 Å². The Hall–Kier alpha value is -3.82. The monoisotopic (exact) mass is 470 g/mol. The van der Waals surface area contributed by atoms with Crippen molar-refractivity contribution < 1.29 is 47.7 Å². The van der Waals surface area contributed by atoms with Gasteiger partial charge in [0.15, 0.2) is 0 Å². The number of cyclic esters (lactones) is 4. The predicted octanol–water partition coefficient (Wildman–Crippen LogP) is 1.25. The molecule has 2 aliphatic heterocycles. The van der Waals surface area contributed by atoms with Gasteiger partial charge in [-0.25, -0.2) is 9.59 Å². The van der Waals surface area contributed by atoms with Crippen LogP contribution in [-0.4, -0.2) is 47.5 Å². The van der Waals surface area contributed by atoms with Crippen molar-refractivity contribution in [3.63, 3.8) is 0 Å². The first kappa shape index (κ1) is 23.3. The van der Waals surface area contributed by atoms with E-state index in [1.54, 1.807) is 20.8 Å². The van der Waals surface area contributed by atoms with E-state index in [-0.39, 0.29) is 17.6 Å². The molecule has 2 fully saturated rings. The third kappa shape index (κ3) is 4.48. The molecule has 4 aliphatic rings. The second-order valence-corrected chi connectivity index (χ2v) is 9.11. The number of hydrogen-bond acceptors (Lipinski definition) is 10. The van der Waals surface area contributed by atoms with E-state index in [0.29, 0.717) is 0 Å². The van der Waals surface area contributed by atoms with E-state index in [0.717, 1.165) is 0 Å². The van der Waals surface area contributed by atoms with Gasteiger partial charge in [-0.2, -0.15) is 0 Å². The molecule has 10 nitrogen and oxygen atoms in total. The molecule has 0 bridgehead atoms. The predicted molar refractivity (Wildman–Crippen MR) is 111 cm³/mol. The first-order chi connectivity index (χ1) is 15.9. The van der Waals surface area contributed by atoms with E-state index < -0.39 is 71.2 Å². The van der Waals surface area contributed by atoms with Crippen molar-refractivity contribution in [3.8, 4) is 0 Å². The van der Waals surface area contributed by atoms with Crippen LogP contribution in [-0.2, 0) is 47.7 Å². The van der Waals surface area contributed by atoms with E-state index in [2.05, 4.69) is 9.47 Å². The summed E-state index contributed by atoms with van der Waals surface area (Å²) in [6.45, 7) is 4.91. The normalized spacial score (nSPS) is 28.3. The third-order valence-electron chi connectivity index (χ3n) is 5.88. The number of ether oxygens (including phenoxy) is 4. The minimum absolute atomic E-state index is 0.121. The van der Waals surface area contributed by atoms with Crippen molar-refractivity contribution >= 4 is 35.8 Å². The van der Waals surface area contributed by atoms with Gasteiger partial charge in [0.05, 0.1) is 34.8 Å². The Morgan fingerprint density at radius 3 is 1.76 bits per heavy atom. The maximum atomic E-state index is 12.6. The number of esters is 6. The number of hydrogen-bond donors (Lipinski definition) is 0. The maximum Gasteiger partial charge on any atom is 0.338 e. The summed E-state index contributed by atoms with van der Waals surface area (Å²) in [5.41, 5.74) is -0.798. The van der Waals surface area contributed by atoms with Gasteiger partial charge in [-0.15, -0.1) is 0 Å². The van der Waals surface area contributed by atoms with Crippen molar-refractivity contribution in [1.82, 2.24) is 0 Å². The number of fused-ring (bicyclic) bond motifs is 2. The highest BCUT2D eigenvalue weighted by atomic mass is 16.6. The molecule has 178 valence electrons. The molecular weight excluding hydrogens is 448 g/mol. The quantitative estimate of drug-likeness (QED) is 0.316. The van der Waals surface area contributed by atoms with Crippen LogP contribution in [0.5, 0.6) is 0 Å². The van der Waals surface area contributed by atoms with Gasteiger partial charge in [0.2, 0.25) is 0 Å². The summed E-state index contributed by atoms with van der Waals surface area (Å²) >= 11 is 0. The van der Waals surface area contributed by atoms with Crippen LogP contribution in [0.2, 0.25) is 0 Å². The number of carbonyl (C=O) groups excluding carboxylic acids is 6. The van der Waals surface area contributed by atoms with Crippen LogP contribution in [0.15, 0.2) is 47.6 Å². The lowest BCUT2D eigenvalue weighted by Crippen LogP contribution is -2.34. The molecule has 0 saturated carbocycles. The van der Waals surface area contributed by atoms with Crippen molar-refractivity contribution in [2.45, 2.75) is 38.9 Å². The number of rotatable bonds is 6. The Morgan fingerprint density at radius 2 is 1.26 bits per heavy atom. The molecule has 0 spiro atoms. The summed E-state index contributed by atoms with van der Waals surface area (Å²) in [7, 11) is 0. The fourth-order valence-electron chi connectivity index (χ4n) is 4.32. The Balaban J connectivity index is 1.33. The van der Waals surface area contributed by atoms with Gasteiger partial charge in [-0.1, -0.05) is 36.5 Å². The molecule has 5 atom stereocenters. The molecule has 0 N–H and O–H groups in total. The van der Waals surface area contributed by atoms with Gasteiger partial charge in [0, 0.05) is 6.42 Å². The molecule has 0 aromatic rings. The van der Waals surface area contributed by atoms with Crippen molar-refractivity contribution in [2.24, 2.45) is 23.7 Å². The van der Waals surface area contributed by atoms with Crippen LogP contribution in [0.1, 0.15) is 27.2 Å². The zero-order valence-electron chi connectivity index (χ0n) is 18.6. The van der Waals surface area contributed by atoms with E-state index >= 15 is 0 Å². The standard InChI is InChI=1S/C24H22O10/c1-11(31-18(25)12-4-6-14-16(8-12)22(29)32-20(14)27)10-24(2,3)34-19(26)13-5-7-15-17(9-13)23(30)33-21(15)28/h4-9,11,14-17H,10H2,1-3H3. The molecule has 10 heteroatoms. The average Bonchev–Trinajstić information content (AvgIpc) is 3.21. The third-order valence-corrected chi connectivity index (χ3v) is 5.88. The van der Waals surface area contributed by atoms with Crippen molar-refractivity contribution in [1.29, 1.82) is 0 Å². The molecular formula is C24H22O10. The molecule has 2 saturated heterocycles. The Kier molecular flexibility index (Phi) is 5.84. The Morgan fingerprint density at radius 1 is 0.824 bits per heavy atom. The maximum absolute atomic E-state index is 12.6. The van der Waals surface area contributed by atoms with Crippen molar-refractivity contribution in [3.05, 3.63) is 47.6 Å². The molecule has 0 amide bonds. The second kappa shape index (κ2) is 8.51. The second-order valence-electron chi connectivity index (χ2n) is 9.11. The topological polar surface area (TPSA) is 139 Å². The van der Waals surface area contributed by atoms with Crippen LogP contribution < -0.4 is 0 Å². The summed E-state index contributed by atoms with van der Waals surface area (Å²) in [4.78, 5) is 71.9. The molecule has 0 radical (unpaired) electrons. The molecule has 0 aromatic carbocycles. The van der Waals surface area contributed by atoms with Gasteiger partial charge < -0.3 is 18.9 Å². The van der Waals surface area contributed by atoms with Crippen LogP contribution in [0.3, 0.4) is 0 Å². The average molecular weight is 470 g/mol. The highest BCUT2D eigenvalue weighted by molar-refractivity contribution is 6.02. The van der Waals surface area contributed by atoms with Crippen LogP contribution in [0.4, 0.5) is 0 Å². The molecule has 2 heterocycles. The van der Waals surface area contributed by atoms with E-state index in [1.165, 1.54) is 36.5 Å². The van der Waals surface area contributed by atoms with Crippen molar-refractivity contribution in [2.75, 3.05) is 0 Å². The molecule has 4 rings (SSSR count). The lowest BCUT2D eigenvalue weighted by Gasteiger charge is -2.29. The lowest BCUT2D eigenvalue weighted by molar-refractivity contribution is -0.157. The Bertz CT molecular complexity index is 1120. The number of carbonyl (C=O) groups is 6. The van der Waals surface area contributed by atoms with Gasteiger partial charge in [0.1, 0.15) is 11.7 Å². The smallest absolute Gasteiger partial charge is 0.338 e. The molecule has 34 heavy (non-hydrogen) atoms. The van der Waals surface area contributed by atoms with Gasteiger partial charge in [-0.05, 0) is 20.8 Å². The van der Waals surface area contributed by atoms with Crippen LogP contribution >= 0.6 is 0 Å². The highest BCUT2D eigenvalue weighted by Gasteiger charge is 2.45. The minimum Gasteiger partial charge on any atom is -0.459 e. The van der Waals surface area contributed by atoms with Gasteiger partial charge in [-0.3, -0.25) is 19.2 Å². The fraction of sp³-hybridized carbons (Fsp3) is 0.417.